The van der Waals surface area contributed by atoms with Crippen LogP contribution >= 0.6 is 22.7 Å². The van der Waals surface area contributed by atoms with Crippen LogP contribution in [0.4, 0.5) is 5.00 Å². The van der Waals surface area contributed by atoms with Crippen LogP contribution in [-0.2, 0) is 0 Å². The van der Waals surface area contributed by atoms with Crippen molar-refractivity contribution in [3.63, 3.8) is 0 Å². The number of nitrogens with one attached hydrogen (secondary N) is 1. The van der Waals surface area contributed by atoms with E-state index < -0.39 is 0 Å². The molecule has 1 aromatic carbocycles. The zero-order valence-electron chi connectivity index (χ0n) is 19.2. The Bertz CT molecular complexity index is 1040. The average molecular weight is 470 g/mol. The van der Waals surface area contributed by atoms with E-state index in [9.17, 15) is 4.79 Å². The van der Waals surface area contributed by atoms with Gasteiger partial charge in [0.15, 0.2) is 0 Å². The highest BCUT2D eigenvalue weighted by molar-refractivity contribution is 7.17. The summed E-state index contributed by atoms with van der Waals surface area (Å²) in [5.41, 5.74) is 3.70. The first-order valence-corrected chi connectivity index (χ1v) is 12.8. The number of carbonyl (C=O) groups is 1. The summed E-state index contributed by atoms with van der Waals surface area (Å²) in [4.78, 5) is 19.9. The molecule has 7 heteroatoms. The van der Waals surface area contributed by atoms with Crippen molar-refractivity contribution in [1.29, 1.82) is 0 Å². The molecular weight excluding hydrogens is 438 g/mol. The molecule has 0 bridgehead atoms. The molecule has 0 saturated carbocycles. The van der Waals surface area contributed by atoms with Crippen molar-refractivity contribution in [2.45, 2.75) is 26.8 Å². The number of piperazine rings is 1. The van der Waals surface area contributed by atoms with Gasteiger partial charge in [0, 0.05) is 36.6 Å². The van der Waals surface area contributed by atoms with Crippen LogP contribution in [0.25, 0.3) is 0 Å². The summed E-state index contributed by atoms with van der Waals surface area (Å²) in [7, 11) is 1.70. The summed E-state index contributed by atoms with van der Waals surface area (Å²) in [6.07, 6.45) is 0. The van der Waals surface area contributed by atoms with Crippen LogP contribution in [0.1, 0.15) is 44.2 Å². The summed E-state index contributed by atoms with van der Waals surface area (Å²) < 4.78 is 5.40. The van der Waals surface area contributed by atoms with Crippen LogP contribution in [0.2, 0.25) is 0 Å². The van der Waals surface area contributed by atoms with Crippen LogP contribution in [-0.4, -0.2) is 55.5 Å². The second kappa shape index (κ2) is 10.2. The molecule has 1 atom stereocenters. The van der Waals surface area contributed by atoms with Gasteiger partial charge in [-0.25, -0.2) is 0 Å². The van der Waals surface area contributed by atoms with E-state index in [-0.39, 0.29) is 11.9 Å². The maximum atomic E-state index is 12.9. The number of aryl methyl sites for hydroxylation is 1. The first kappa shape index (κ1) is 23.0. The van der Waals surface area contributed by atoms with Gasteiger partial charge < -0.3 is 15.0 Å². The number of methoxy groups -OCH3 is 1. The van der Waals surface area contributed by atoms with Crippen molar-refractivity contribution in [1.82, 2.24) is 9.80 Å². The Morgan fingerprint density at radius 1 is 1.12 bits per heavy atom. The number of benzene rings is 1. The predicted molar refractivity (Wildman–Crippen MR) is 135 cm³/mol. The highest BCUT2D eigenvalue weighted by Gasteiger charge is 2.31. The Morgan fingerprint density at radius 2 is 1.84 bits per heavy atom. The van der Waals surface area contributed by atoms with Gasteiger partial charge in [0.25, 0.3) is 5.91 Å². The van der Waals surface area contributed by atoms with Crippen molar-refractivity contribution in [3.8, 4) is 5.75 Å². The smallest absolute Gasteiger partial charge is 0.266 e. The second-order valence-electron chi connectivity index (χ2n) is 8.10. The highest BCUT2D eigenvalue weighted by atomic mass is 32.1. The maximum absolute atomic E-state index is 12.9. The minimum Gasteiger partial charge on any atom is -0.497 e. The van der Waals surface area contributed by atoms with Gasteiger partial charge in [-0.2, -0.15) is 0 Å². The molecule has 0 spiro atoms. The molecule has 1 saturated heterocycles. The third-order valence-corrected chi connectivity index (χ3v) is 8.34. The fraction of sp³-hybridized carbons (Fsp3) is 0.400. The number of hydrogen-bond donors (Lipinski definition) is 1. The van der Waals surface area contributed by atoms with Gasteiger partial charge in [-0.1, -0.05) is 25.1 Å². The van der Waals surface area contributed by atoms with E-state index in [2.05, 4.69) is 48.0 Å². The summed E-state index contributed by atoms with van der Waals surface area (Å²) in [6, 6.07) is 12.3. The maximum Gasteiger partial charge on any atom is 0.266 e. The number of hydrogen-bond acceptors (Lipinski definition) is 6. The topological polar surface area (TPSA) is 44.8 Å². The lowest BCUT2D eigenvalue weighted by Gasteiger charge is -2.39. The molecule has 0 radical (unpaired) electrons. The van der Waals surface area contributed by atoms with Crippen LogP contribution < -0.4 is 10.1 Å². The van der Waals surface area contributed by atoms with Crippen molar-refractivity contribution in [3.05, 3.63) is 68.2 Å². The standard InChI is InChI=1S/C25H31N3O2S2/c1-5-27-12-14-28(15-13-27)23(19-8-10-20(30-4)11-9-19)22-17(2)18(3)32-25(22)26-24(29)21-7-6-16-31-21/h6-11,16,23H,5,12-15H2,1-4H3,(H,26,29)/t23-/m0/s1. The third-order valence-electron chi connectivity index (χ3n) is 6.33. The van der Waals surface area contributed by atoms with E-state index in [1.54, 1.807) is 18.4 Å². The number of thiophene rings is 2. The molecule has 1 amide bonds. The van der Waals surface area contributed by atoms with E-state index in [4.69, 9.17) is 4.74 Å². The first-order chi connectivity index (χ1) is 15.5. The first-order valence-electron chi connectivity index (χ1n) is 11.1. The number of nitrogens with zero attached hydrogens (tertiary/aromatic N) is 2. The van der Waals surface area contributed by atoms with Gasteiger partial charge in [-0.15, -0.1) is 22.7 Å². The quantitative estimate of drug-likeness (QED) is 0.502. The van der Waals surface area contributed by atoms with Gasteiger partial charge in [0.1, 0.15) is 10.8 Å². The Balaban J connectivity index is 1.74. The van der Waals surface area contributed by atoms with Crippen LogP contribution in [0.3, 0.4) is 0 Å². The number of likely N-dealkylation sites (N-methyl/N-ethyl adjacent to an activating group) is 1. The molecule has 0 unspecified atom stereocenters. The van der Waals surface area contributed by atoms with Crippen molar-refractivity contribution in [2.75, 3.05) is 45.2 Å². The molecule has 4 rings (SSSR count). The number of ether oxygens (including phenoxy) is 1. The van der Waals surface area contributed by atoms with Gasteiger partial charge in [0.2, 0.25) is 0 Å². The average Bonchev–Trinajstić information content (AvgIpc) is 3.45. The monoisotopic (exact) mass is 469 g/mol. The molecule has 2 aromatic heterocycles. The predicted octanol–water partition coefficient (Wildman–Crippen LogP) is 5.41. The molecule has 0 aliphatic carbocycles. The molecule has 1 aliphatic rings. The van der Waals surface area contributed by atoms with E-state index in [0.29, 0.717) is 0 Å². The van der Waals surface area contributed by atoms with Crippen LogP contribution in [0, 0.1) is 13.8 Å². The zero-order chi connectivity index (χ0) is 22.7. The van der Waals surface area contributed by atoms with Crippen molar-refractivity contribution in [2.24, 2.45) is 0 Å². The number of rotatable bonds is 7. The Hall–Kier alpha value is -2.19. The molecule has 1 N–H and O–H groups in total. The molecule has 3 aromatic rings. The lowest BCUT2D eigenvalue weighted by Crippen LogP contribution is -2.47. The van der Waals surface area contributed by atoms with Crippen molar-refractivity contribution < 1.29 is 9.53 Å². The molecule has 32 heavy (non-hydrogen) atoms. The van der Waals surface area contributed by atoms with E-state index in [1.807, 2.05) is 29.6 Å². The fourth-order valence-electron chi connectivity index (χ4n) is 4.32. The molecule has 170 valence electrons. The van der Waals surface area contributed by atoms with Gasteiger partial charge in [-0.3, -0.25) is 9.69 Å². The number of anilines is 1. The lowest BCUT2D eigenvalue weighted by atomic mass is 9.94. The number of carbonyl (C=O) groups excluding carboxylic acids is 1. The van der Waals surface area contributed by atoms with Gasteiger partial charge >= 0.3 is 0 Å². The van der Waals surface area contributed by atoms with Crippen LogP contribution in [0.5, 0.6) is 5.75 Å². The lowest BCUT2D eigenvalue weighted by molar-refractivity contribution is 0.102. The molecule has 3 heterocycles. The normalized spacial score (nSPS) is 16.1. The third kappa shape index (κ3) is 4.76. The Morgan fingerprint density at radius 3 is 2.44 bits per heavy atom. The largest absolute Gasteiger partial charge is 0.497 e. The zero-order valence-corrected chi connectivity index (χ0v) is 20.8. The fourth-order valence-corrected chi connectivity index (χ4v) is 6.03. The molecule has 1 aliphatic heterocycles. The number of amides is 1. The van der Waals surface area contributed by atoms with Crippen molar-refractivity contribution >= 4 is 33.6 Å². The SMILES string of the molecule is CCN1CCN([C@@H](c2ccc(OC)cc2)c2c(NC(=O)c3cccs3)sc(C)c2C)CC1. The van der Waals surface area contributed by atoms with E-state index in [0.717, 1.165) is 48.4 Å². The minimum absolute atomic E-state index is 0.0354. The second-order valence-corrected chi connectivity index (χ2v) is 10.3. The van der Waals surface area contributed by atoms with Gasteiger partial charge in [0.05, 0.1) is 18.0 Å². The van der Waals surface area contributed by atoms with E-state index in [1.165, 1.54) is 32.9 Å². The minimum atomic E-state index is -0.0354. The Labute approximate surface area is 198 Å². The molecular formula is C25H31N3O2S2. The Kier molecular flexibility index (Phi) is 7.30. The summed E-state index contributed by atoms with van der Waals surface area (Å²) in [5.74, 6) is 0.819. The summed E-state index contributed by atoms with van der Waals surface area (Å²) >= 11 is 3.15. The summed E-state index contributed by atoms with van der Waals surface area (Å²) in [5, 5.41) is 6.13. The summed E-state index contributed by atoms with van der Waals surface area (Å²) in [6.45, 7) is 11.7. The molecule has 5 nitrogen and oxygen atoms in total. The molecule has 1 fully saturated rings. The highest BCUT2D eigenvalue weighted by Crippen LogP contribution is 2.43. The van der Waals surface area contributed by atoms with Crippen LogP contribution in [0.15, 0.2) is 41.8 Å². The van der Waals surface area contributed by atoms with E-state index >= 15 is 0 Å². The van der Waals surface area contributed by atoms with Gasteiger partial charge in [-0.05, 0) is 55.1 Å².